The van der Waals surface area contributed by atoms with Crippen molar-refractivity contribution in [3.63, 3.8) is 0 Å². The van der Waals surface area contributed by atoms with Crippen LogP contribution in [0.25, 0.3) is 11.1 Å². The fourth-order valence-corrected chi connectivity index (χ4v) is 1.98. The summed E-state index contributed by atoms with van der Waals surface area (Å²) in [6, 6.07) is 5.88. The van der Waals surface area contributed by atoms with Crippen molar-refractivity contribution >= 4 is 5.91 Å². The highest BCUT2D eigenvalue weighted by molar-refractivity contribution is 5.98. The molecule has 2 aromatic rings. The summed E-state index contributed by atoms with van der Waals surface area (Å²) in [6.07, 6.45) is 3.79. The van der Waals surface area contributed by atoms with Crippen molar-refractivity contribution in [2.24, 2.45) is 7.05 Å². The molecule has 1 amide bonds. The largest absolute Gasteiger partial charge is 0.348 e. The van der Waals surface area contributed by atoms with Crippen LogP contribution in [0.4, 0.5) is 0 Å². The van der Waals surface area contributed by atoms with Crippen LogP contribution in [0.1, 0.15) is 15.9 Å². The fraction of sp³-hybridized carbons (Fsp3) is 0.167. The molecule has 1 N–H and O–H groups in total. The molecule has 1 aromatic carbocycles. The molecule has 0 spiro atoms. The molecule has 1 aromatic heterocycles. The first kappa shape index (κ1) is 9.15. The van der Waals surface area contributed by atoms with Crippen LogP contribution in [-0.2, 0) is 13.6 Å². The molecule has 0 saturated carbocycles. The zero-order valence-corrected chi connectivity index (χ0v) is 8.90. The van der Waals surface area contributed by atoms with E-state index in [1.165, 1.54) is 0 Å². The third-order valence-corrected chi connectivity index (χ3v) is 2.83. The Hall–Kier alpha value is -2.10. The molecule has 0 unspecified atom stereocenters. The molecular weight excluding hydrogens is 202 g/mol. The predicted octanol–water partition coefficient (Wildman–Crippen LogP) is 1.33. The lowest BCUT2D eigenvalue weighted by Gasteiger charge is -2.00. The summed E-state index contributed by atoms with van der Waals surface area (Å²) in [5.41, 5.74) is 4.02. The van der Waals surface area contributed by atoms with Crippen LogP contribution in [0.5, 0.6) is 0 Å². The second kappa shape index (κ2) is 3.20. The Labute approximate surface area is 92.9 Å². The van der Waals surface area contributed by atoms with Crippen molar-refractivity contribution in [2.45, 2.75) is 6.54 Å². The number of amides is 1. The maximum absolute atomic E-state index is 11.4. The predicted molar refractivity (Wildman–Crippen MR) is 59.8 cm³/mol. The third-order valence-electron chi connectivity index (χ3n) is 2.83. The first-order valence-corrected chi connectivity index (χ1v) is 5.14. The van der Waals surface area contributed by atoms with E-state index in [0.29, 0.717) is 6.54 Å². The fourth-order valence-electron chi connectivity index (χ4n) is 1.98. The van der Waals surface area contributed by atoms with Gasteiger partial charge >= 0.3 is 0 Å². The minimum absolute atomic E-state index is 0.0211. The molecule has 1 aliphatic heterocycles. The summed E-state index contributed by atoms with van der Waals surface area (Å²) in [5.74, 6) is 0.0211. The van der Waals surface area contributed by atoms with Gasteiger partial charge in [-0.25, -0.2) is 0 Å². The highest BCUT2D eigenvalue weighted by atomic mass is 16.1. The van der Waals surface area contributed by atoms with E-state index in [1.807, 2.05) is 37.6 Å². The molecule has 16 heavy (non-hydrogen) atoms. The molecule has 0 fully saturated rings. The van der Waals surface area contributed by atoms with Gasteiger partial charge in [0.1, 0.15) is 0 Å². The van der Waals surface area contributed by atoms with Crippen molar-refractivity contribution < 1.29 is 4.79 Å². The van der Waals surface area contributed by atoms with Gasteiger partial charge in [0.15, 0.2) is 0 Å². The Morgan fingerprint density at radius 2 is 2.25 bits per heavy atom. The molecule has 3 rings (SSSR count). The molecule has 0 saturated heterocycles. The van der Waals surface area contributed by atoms with E-state index >= 15 is 0 Å². The van der Waals surface area contributed by atoms with Crippen LogP contribution in [0, 0.1) is 0 Å². The van der Waals surface area contributed by atoms with Crippen LogP contribution in [-0.4, -0.2) is 15.7 Å². The molecule has 1 aliphatic rings. The summed E-state index contributed by atoms with van der Waals surface area (Å²) in [6.45, 7) is 0.627. The monoisotopic (exact) mass is 213 g/mol. The standard InChI is InChI=1S/C12H11N3O/c1-15-7-10(6-14-15)8-2-3-11-9(4-8)5-13-12(11)16/h2-4,6-7H,5H2,1H3,(H,13,16). The number of aromatic nitrogens is 2. The average molecular weight is 213 g/mol. The summed E-state index contributed by atoms with van der Waals surface area (Å²) in [4.78, 5) is 11.4. The van der Waals surface area contributed by atoms with Crippen LogP contribution < -0.4 is 5.32 Å². The minimum Gasteiger partial charge on any atom is -0.348 e. The van der Waals surface area contributed by atoms with E-state index in [4.69, 9.17) is 0 Å². The molecule has 0 bridgehead atoms. The second-order valence-electron chi connectivity index (χ2n) is 3.96. The Morgan fingerprint density at radius 3 is 3.00 bits per heavy atom. The lowest BCUT2D eigenvalue weighted by atomic mass is 10.0. The Balaban J connectivity index is 2.08. The van der Waals surface area contributed by atoms with Gasteiger partial charge in [-0.2, -0.15) is 5.10 Å². The highest BCUT2D eigenvalue weighted by Crippen LogP contribution is 2.24. The van der Waals surface area contributed by atoms with E-state index in [1.54, 1.807) is 4.68 Å². The SMILES string of the molecule is Cn1cc(-c2ccc3c(c2)CNC3=O)cn1. The smallest absolute Gasteiger partial charge is 0.251 e. The number of nitrogens with one attached hydrogen (secondary N) is 1. The quantitative estimate of drug-likeness (QED) is 0.776. The van der Waals surface area contributed by atoms with Gasteiger partial charge in [-0.05, 0) is 23.3 Å². The van der Waals surface area contributed by atoms with Gasteiger partial charge in [0, 0.05) is 30.9 Å². The number of hydrogen-bond donors (Lipinski definition) is 1. The normalized spacial score (nSPS) is 13.7. The van der Waals surface area contributed by atoms with Crippen molar-refractivity contribution in [2.75, 3.05) is 0 Å². The molecular formula is C12H11N3O. The van der Waals surface area contributed by atoms with Gasteiger partial charge in [-0.3, -0.25) is 9.48 Å². The number of benzene rings is 1. The second-order valence-corrected chi connectivity index (χ2v) is 3.96. The van der Waals surface area contributed by atoms with E-state index in [2.05, 4.69) is 10.4 Å². The Bertz CT molecular complexity index is 571. The van der Waals surface area contributed by atoms with Crippen molar-refractivity contribution in [1.29, 1.82) is 0 Å². The molecule has 0 radical (unpaired) electrons. The van der Waals surface area contributed by atoms with Crippen LogP contribution in [0.15, 0.2) is 30.6 Å². The van der Waals surface area contributed by atoms with Gasteiger partial charge < -0.3 is 5.32 Å². The molecule has 4 heteroatoms. The number of carbonyl (C=O) groups is 1. The number of fused-ring (bicyclic) bond motifs is 1. The number of aryl methyl sites for hydroxylation is 1. The average Bonchev–Trinajstić information content (AvgIpc) is 2.86. The van der Waals surface area contributed by atoms with Crippen molar-refractivity contribution in [3.8, 4) is 11.1 Å². The summed E-state index contributed by atoms with van der Waals surface area (Å²) >= 11 is 0. The van der Waals surface area contributed by atoms with E-state index in [0.717, 1.165) is 22.3 Å². The maximum Gasteiger partial charge on any atom is 0.251 e. The van der Waals surface area contributed by atoms with Crippen molar-refractivity contribution in [1.82, 2.24) is 15.1 Å². The van der Waals surface area contributed by atoms with Crippen LogP contribution in [0.3, 0.4) is 0 Å². The van der Waals surface area contributed by atoms with E-state index < -0.39 is 0 Å². The van der Waals surface area contributed by atoms with Gasteiger partial charge in [0.2, 0.25) is 0 Å². The molecule has 0 atom stereocenters. The lowest BCUT2D eigenvalue weighted by Crippen LogP contribution is -2.12. The first-order chi connectivity index (χ1) is 7.74. The zero-order chi connectivity index (χ0) is 11.1. The lowest BCUT2D eigenvalue weighted by molar-refractivity contribution is 0.0966. The van der Waals surface area contributed by atoms with Gasteiger partial charge in [0.05, 0.1) is 6.20 Å². The maximum atomic E-state index is 11.4. The zero-order valence-electron chi connectivity index (χ0n) is 8.90. The topological polar surface area (TPSA) is 46.9 Å². The number of hydrogen-bond acceptors (Lipinski definition) is 2. The molecule has 0 aliphatic carbocycles. The van der Waals surface area contributed by atoms with E-state index in [-0.39, 0.29) is 5.91 Å². The van der Waals surface area contributed by atoms with Crippen molar-refractivity contribution in [3.05, 3.63) is 41.7 Å². The first-order valence-electron chi connectivity index (χ1n) is 5.14. The molecule has 80 valence electrons. The summed E-state index contributed by atoms with van der Waals surface area (Å²) < 4.78 is 1.77. The summed E-state index contributed by atoms with van der Waals surface area (Å²) in [5, 5.41) is 6.94. The number of carbonyl (C=O) groups excluding carboxylic acids is 1. The highest BCUT2D eigenvalue weighted by Gasteiger charge is 2.18. The van der Waals surface area contributed by atoms with E-state index in [9.17, 15) is 4.79 Å². The van der Waals surface area contributed by atoms with Gasteiger partial charge in [0.25, 0.3) is 5.91 Å². The van der Waals surface area contributed by atoms with Crippen LogP contribution >= 0.6 is 0 Å². The molecule has 4 nitrogen and oxygen atoms in total. The van der Waals surface area contributed by atoms with Crippen LogP contribution in [0.2, 0.25) is 0 Å². The summed E-state index contributed by atoms with van der Waals surface area (Å²) in [7, 11) is 1.89. The molecule has 2 heterocycles. The van der Waals surface area contributed by atoms with Gasteiger partial charge in [-0.1, -0.05) is 6.07 Å². The minimum atomic E-state index is 0.0211. The Morgan fingerprint density at radius 1 is 1.38 bits per heavy atom. The number of rotatable bonds is 1. The Kier molecular flexibility index (Phi) is 1.83. The van der Waals surface area contributed by atoms with Gasteiger partial charge in [-0.15, -0.1) is 0 Å². The number of nitrogens with zero attached hydrogens (tertiary/aromatic N) is 2. The third kappa shape index (κ3) is 1.31.